The van der Waals surface area contributed by atoms with Gasteiger partial charge in [0, 0.05) is 36.8 Å². The standard InChI is InChI=1S/C21H18ClN3O3.K.H/c1-11-8-18(28-24-11)19-20(26)15-9-14(16(22)10-17(15)23-21(19)27)12-4-6-13(7-5-12)25(2)3;;/h4-10H,1-3H3,(H2,23,26,27);;/q;+1;-1. The van der Waals surface area contributed by atoms with Crippen molar-refractivity contribution in [1.29, 1.82) is 0 Å². The fourth-order valence-electron chi connectivity index (χ4n) is 3.17. The number of H-pyrrole nitrogens is 1. The van der Waals surface area contributed by atoms with Crippen LogP contribution in [0.3, 0.4) is 0 Å². The molecule has 0 amide bonds. The Morgan fingerprint density at radius 1 is 1.17 bits per heavy atom. The second-order valence-corrected chi connectivity index (χ2v) is 7.24. The van der Waals surface area contributed by atoms with Gasteiger partial charge >= 0.3 is 51.4 Å². The summed E-state index contributed by atoms with van der Waals surface area (Å²) in [5, 5.41) is 15.6. The van der Waals surface area contributed by atoms with E-state index in [-0.39, 0.29) is 69.9 Å². The van der Waals surface area contributed by atoms with Crippen LogP contribution < -0.4 is 61.8 Å². The van der Waals surface area contributed by atoms with Gasteiger partial charge in [0.15, 0.2) is 5.76 Å². The van der Waals surface area contributed by atoms with Crippen LogP contribution in [0.15, 0.2) is 51.8 Å². The summed E-state index contributed by atoms with van der Waals surface area (Å²) in [6, 6.07) is 12.9. The Labute approximate surface area is 216 Å². The molecule has 0 saturated heterocycles. The molecule has 144 valence electrons. The van der Waals surface area contributed by atoms with E-state index in [9.17, 15) is 9.90 Å². The molecule has 0 saturated carbocycles. The molecule has 0 radical (unpaired) electrons. The van der Waals surface area contributed by atoms with Crippen molar-refractivity contribution in [2.24, 2.45) is 0 Å². The van der Waals surface area contributed by atoms with Crippen LogP contribution in [0.1, 0.15) is 7.12 Å². The molecule has 2 aromatic carbocycles. The molecule has 4 rings (SSSR count). The zero-order valence-electron chi connectivity index (χ0n) is 17.6. The minimum atomic E-state index is -0.472. The summed E-state index contributed by atoms with van der Waals surface area (Å²) in [5.41, 5.74) is 3.36. The number of nitrogens with zero attached hydrogens (tertiary/aromatic N) is 2. The molecule has 29 heavy (non-hydrogen) atoms. The number of aryl methyl sites for hydroxylation is 1. The largest absolute Gasteiger partial charge is 1.00 e. The van der Waals surface area contributed by atoms with Gasteiger partial charge in [0.05, 0.1) is 16.2 Å². The van der Waals surface area contributed by atoms with Crippen molar-refractivity contribution >= 4 is 28.2 Å². The van der Waals surface area contributed by atoms with Crippen LogP contribution in [-0.4, -0.2) is 29.3 Å². The van der Waals surface area contributed by atoms with Crippen LogP contribution in [0.25, 0.3) is 33.4 Å². The van der Waals surface area contributed by atoms with Crippen molar-refractivity contribution < 1.29 is 62.4 Å². The van der Waals surface area contributed by atoms with E-state index in [0.717, 1.165) is 16.8 Å². The number of anilines is 1. The van der Waals surface area contributed by atoms with Crippen molar-refractivity contribution in [2.45, 2.75) is 6.92 Å². The average molecular weight is 436 g/mol. The van der Waals surface area contributed by atoms with Crippen LogP contribution in [0.5, 0.6) is 5.75 Å². The minimum Gasteiger partial charge on any atom is -1.00 e. The molecule has 0 bridgehead atoms. The van der Waals surface area contributed by atoms with Crippen molar-refractivity contribution in [3.05, 3.63) is 63.5 Å². The van der Waals surface area contributed by atoms with Crippen molar-refractivity contribution in [1.82, 2.24) is 10.1 Å². The van der Waals surface area contributed by atoms with Gasteiger partial charge in [-0.15, -0.1) is 0 Å². The summed E-state index contributed by atoms with van der Waals surface area (Å²) in [6.45, 7) is 1.74. The molecule has 0 unspecified atom stereocenters. The maximum absolute atomic E-state index is 12.5. The average Bonchev–Trinajstić information content (AvgIpc) is 3.07. The smallest absolute Gasteiger partial charge is 1.00 e. The quantitative estimate of drug-likeness (QED) is 0.479. The van der Waals surface area contributed by atoms with Gasteiger partial charge < -0.3 is 20.9 Å². The Hall–Kier alpha value is -1.61. The molecular formula is C21H19ClKN3O3. The Morgan fingerprint density at radius 3 is 2.45 bits per heavy atom. The summed E-state index contributed by atoms with van der Waals surface area (Å²) >= 11 is 6.46. The first-order valence-electron chi connectivity index (χ1n) is 8.65. The molecule has 0 aliphatic carbocycles. The zero-order valence-corrected chi connectivity index (χ0v) is 20.5. The third-order valence-electron chi connectivity index (χ3n) is 4.64. The number of pyridine rings is 1. The van der Waals surface area contributed by atoms with E-state index < -0.39 is 5.56 Å². The number of hydrogen-bond acceptors (Lipinski definition) is 5. The van der Waals surface area contributed by atoms with Gasteiger partial charge in [-0.3, -0.25) is 4.79 Å². The molecule has 0 fully saturated rings. The number of aromatic hydroxyl groups is 1. The number of halogens is 1. The predicted octanol–water partition coefficient (Wildman–Crippen LogP) is 1.70. The molecule has 8 heteroatoms. The monoisotopic (exact) mass is 435 g/mol. The molecular weight excluding hydrogens is 417 g/mol. The number of fused-ring (bicyclic) bond motifs is 1. The SMILES string of the molecule is Cc1cc(-c2c(O)c3cc(-c4ccc(N(C)C)cc4)c(Cl)cc3[nH]c2=O)on1.[H-].[K+]. The topological polar surface area (TPSA) is 82.4 Å². The third-order valence-corrected chi connectivity index (χ3v) is 4.96. The number of nitrogens with one attached hydrogen (secondary N) is 1. The second-order valence-electron chi connectivity index (χ2n) is 6.83. The van der Waals surface area contributed by atoms with E-state index in [1.807, 2.05) is 43.3 Å². The third kappa shape index (κ3) is 4.16. The number of hydrogen-bond donors (Lipinski definition) is 2. The van der Waals surface area contributed by atoms with E-state index in [1.54, 1.807) is 25.1 Å². The maximum Gasteiger partial charge on any atom is 1.00 e. The zero-order chi connectivity index (χ0) is 20.0. The summed E-state index contributed by atoms with van der Waals surface area (Å²) in [4.78, 5) is 17.2. The summed E-state index contributed by atoms with van der Waals surface area (Å²) in [7, 11) is 3.94. The van der Waals surface area contributed by atoms with Crippen molar-refractivity contribution in [2.75, 3.05) is 19.0 Å². The molecule has 0 spiro atoms. The van der Waals surface area contributed by atoms with E-state index in [1.165, 1.54) is 0 Å². The number of aromatic nitrogens is 2. The number of aromatic amines is 1. The predicted molar refractivity (Wildman–Crippen MR) is 112 cm³/mol. The van der Waals surface area contributed by atoms with Crippen LogP contribution in [0, 0.1) is 6.92 Å². The van der Waals surface area contributed by atoms with E-state index in [4.69, 9.17) is 16.1 Å². The van der Waals surface area contributed by atoms with Gasteiger partial charge in [0.2, 0.25) is 0 Å². The van der Waals surface area contributed by atoms with Gasteiger partial charge in [-0.25, -0.2) is 0 Å². The molecule has 2 aromatic heterocycles. The Balaban J connectivity index is 0.00000160. The summed E-state index contributed by atoms with van der Waals surface area (Å²) in [6.07, 6.45) is 0. The molecule has 0 aliphatic rings. The van der Waals surface area contributed by atoms with E-state index in [0.29, 0.717) is 21.6 Å². The molecule has 4 aromatic rings. The fraction of sp³-hybridized carbons (Fsp3) is 0.143. The Morgan fingerprint density at radius 2 is 1.86 bits per heavy atom. The van der Waals surface area contributed by atoms with E-state index in [2.05, 4.69) is 10.1 Å². The van der Waals surface area contributed by atoms with Gasteiger partial charge in [-0.1, -0.05) is 28.9 Å². The summed E-state index contributed by atoms with van der Waals surface area (Å²) < 4.78 is 5.17. The Bertz CT molecular complexity index is 1250. The van der Waals surface area contributed by atoms with Crippen LogP contribution >= 0.6 is 11.6 Å². The first-order chi connectivity index (χ1) is 13.3. The number of rotatable bonds is 3. The van der Waals surface area contributed by atoms with Gasteiger partial charge in [-0.05, 0) is 36.8 Å². The van der Waals surface area contributed by atoms with Crippen molar-refractivity contribution in [3.8, 4) is 28.2 Å². The molecule has 0 aliphatic heterocycles. The van der Waals surface area contributed by atoms with E-state index >= 15 is 0 Å². The first kappa shape index (κ1) is 22.1. The molecule has 2 heterocycles. The number of benzene rings is 2. The molecule has 2 N–H and O–H groups in total. The molecule has 6 nitrogen and oxygen atoms in total. The normalized spacial score (nSPS) is 10.8. The minimum absolute atomic E-state index is 0. The fourth-order valence-corrected chi connectivity index (χ4v) is 3.44. The summed E-state index contributed by atoms with van der Waals surface area (Å²) in [5.74, 6) is 0.0442. The second kappa shape index (κ2) is 8.63. The van der Waals surface area contributed by atoms with Gasteiger partial charge in [-0.2, -0.15) is 0 Å². The van der Waals surface area contributed by atoms with Crippen LogP contribution in [0.4, 0.5) is 5.69 Å². The van der Waals surface area contributed by atoms with Crippen molar-refractivity contribution in [3.63, 3.8) is 0 Å². The van der Waals surface area contributed by atoms with Crippen LogP contribution in [0.2, 0.25) is 5.02 Å². The Kier molecular flexibility index (Phi) is 6.57. The molecule has 0 atom stereocenters. The maximum atomic E-state index is 12.5. The van der Waals surface area contributed by atoms with Crippen LogP contribution in [-0.2, 0) is 0 Å². The first-order valence-corrected chi connectivity index (χ1v) is 9.03. The van der Waals surface area contributed by atoms with Gasteiger partial charge in [0.1, 0.15) is 11.3 Å². The van der Waals surface area contributed by atoms with Gasteiger partial charge in [0.25, 0.3) is 5.56 Å².